The molecule has 1 rings (SSSR count). The zero-order valence-corrected chi connectivity index (χ0v) is 17.0. The molecule has 6 nitrogen and oxygen atoms in total. The van der Waals surface area contributed by atoms with E-state index in [0.717, 1.165) is 25.6 Å². The fourth-order valence-electron chi connectivity index (χ4n) is 2.78. The van der Waals surface area contributed by atoms with Gasteiger partial charge < -0.3 is 20.4 Å². The third-order valence-electron chi connectivity index (χ3n) is 4.32. The van der Waals surface area contributed by atoms with Gasteiger partial charge in [-0.05, 0) is 40.4 Å². The summed E-state index contributed by atoms with van der Waals surface area (Å²) in [5, 5.41) is 6.53. The molecular formula is C20H35N5O. The van der Waals surface area contributed by atoms with Crippen LogP contribution in [0.4, 0.5) is 0 Å². The number of aliphatic imine (C=N–C) groups is 1. The highest BCUT2D eigenvalue weighted by Gasteiger charge is 2.14. The minimum absolute atomic E-state index is 0.175. The summed E-state index contributed by atoms with van der Waals surface area (Å²) in [6, 6.07) is 10.6. The van der Waals surface area contributed by atoms with Crippen molar-refractivity contribution in [1.82, 2.24) is 20.4 Å². The predicted molar refractivity (Wildman–Crippen MR) is 109 cm³/mol. The molecule has 1 aromatic carbocycles. The number of likely N-dealkylation sites (N-methyl/N-ethyl adjacent to an activating group) is 1. The van der Waals surface area contributed by atoms with E-state index in [4.69, 9.17) is 4.99 Å². The first-order valence-electron chi connectivity index (χ1n) is 9.54. The van der Waals surface area contributed by atoms with Gasteiger partial charge in [0.1, 0.15) is 0 Å². The van der Waals surface area contributed by atoms with Gasteiger partial charge in [0.25, 0.3) is 0 Å². The van der Waals surface area contributed by atoms with Gasteiger partial charge in [-0.1, -0.05) is 30.3 Å². The van der Waals surface area contributed by atoms with Crippen LogP contribution in [0.5, 0.6) is 0 Å². The highest BCUT2D eigenvalue weighted by molar-refractivity contribution is 5.81. The Balaban J connectivity index is 2.65. The van der Waals surface area contributed by atoms with Gasteiger partial charge in [-0.2, -0.15) is 0 Å². The molecule has 0 radical (unpaired) electrons. The van der Waals surface area contributed by atoms with E-state index in [1.807, 2.05) is 31.7 Å². The number of nitrogens with zero attached hydrogens (tertiary/aromatic N) is 3. The molecule has 0 fully saturated rings. The molecule has 0 aliphatic carbocycles. The SMILES string of the molecule is CCNC(=NCC(c1ccccc1)N(C)C)NCCC(=O)N(CC)CC. The monoisotopic (exact) mass is 361 g/mol. The van der Waals surface area contributed by atoms with Crippen LogP contribution in [0.3, 0.4) is 0 Å². The van der Waals surface area contributed by atoms with Crippen LogP contribution in [-0.4, -0.2) is 68.5 Å². The fourth-order valence-corrected chi connectivity index (χ4v) is 2.78. The maximum Gasteiger partial charge on any atom is 0.224 e. The quantitative estimate of drug-likeness (QED) is 0.495. The topological polar surface area (TPSA) is 60.0 Å². The molecule has 0 bridgehead atoms. The van der Waals surface area contributed by atoms with E-state index in [1.54, 1.807) is 0 Å². The van der Waals surface area contributed by atoms with E-state index in [9.17, 15) is 4.79 Å². The van der Waals surface area contributed by atoms with Gasteiger partial charge in [-0.15, -0.1) is 0 Å². The van der Waals surface area contributed by atoms with Gasteiger partial charge in [0.05, 0.1) is 12.6 Å². The molecule has 0 saturated carbocycles. The number of rotatable bonds is 10. The number of nitrogens with one attached hydrogen (secondary N) is 2. The van der Waals surface area contributed by atoms with E-state index in [1.165, 1.54) is 5.56 Å². The summed E-state index contributed by atoms with van der Waals surface area (Å²) in [4.78, 5) is 20.8. The number of amides is 1. The molecule has 0 aliphatic heterocycles. The highest BCUT2D eigenvalue weighted by atomic mass is 16.2. The summed E-state index contributed by atoms with van der Waals surface area (Å²) in [7, 11) is 4.13. The molecule has 1 atom stereocenters. The molecule has 26 heavy (non-hydrogen) atoms. The van der Waals surface area contributed by atoms with Crippen LogP contribution in [0.15, 0.2) is 35.3 Å². The zero-order valence-electron chi connectivity index (χ0n) is 17.0. The van der Waals surface area contributed by atoms with E-state index in [-0.39, 0.29) is 11.9 Å². The van der Waals surface area contributed by atoms with Crippen molar-refractivity contribution in [3.05, 3.63) is 35.9 Å². The number of hydrogen-bond donors (Lipinski definition) is 2. The minimum Gasteiger partial charge on any atom is -0.357 e. The van der Waals surface area contributed by atoms with Gasteiger partial charge in [-0.3, -0.25) is 9.79 Å². The van der Waals surface area contributed by atoms with Crippen molar-refractivity contribution in [1.29, 1.82) is 0 Å². The molecule has 1 unspecified atom stereocenters. The van der Waals surface area contributed by atoms with Gasteiger partial charge in [-0.25, -0.2) is 0 Å². The van der Waals surface area contributed by atoms with Gasteiger partial charge in [0.15, 0.2) is 5.96 Å². The average Bonchev–Trinajstić information content (AvgIpc) is 2.63. The minimum atomic E-state index is 0.175. The first kappa shape index (κ1) is 22.0. The lowest BCUT2D eigenvalue weighted by molar-refractivity contribution is -0.130. The lowest BCUT2D eigenvalue weighted by atomic mass is 10.1. The molecule has 1 aromatic rings. The Kier molecular flexibility index (Phi) is 10.4. The number of guanidine groups is 1. The third-order valence-corrected chi connectivity index (χ3v) is 4.32. The lowest BCUT2D eigenvalue weighted by Crippen LogP contribution is -2.40. The van der Waals surface area contributed by atoms with Crippen LogP contribution < -0.4 is 10.6 Å². The fraction of sp³-hybridized carbons (Fsp3) is 0.600. The van der Waals surface area contributed by atoms with E-state index < -0.39 is 0 Å². The van der Waals surface area contributed by atoms with E-state index in [2.05, 4.69) is 53.9 Å². The van der Waals surface area contributed by atoms with Crippen molar-refractivity contribution in [2.75, 3.05) is 46.8 Å². The van der Waals surface area contributed by atoms with Crippen molar-refractivity contribution < 1.29 is 4.79 Å². The number of carbonyl (C=O) groups is 1. The Morgan fingerprint density at radius 2 is 1.73 bits per heavy atom. The smallest absolute Gasteiger partial charge is 0.224 e. The van der Waals surface area contributed by atoms with Gasteiger partial charge in [0, 0.05) is 32.6 Å². The van der Waals surface area contributed by atoms with Gasteiger partial charge >= 0.3 is 0 Å². The maximum absolute atomic E-state index is 12.1. The number of hydrogen-bond acceptors (Lipinski definition) is 3. The van der Waals surface area contributed by atoms with Crippen molar-refractivity contribution in [3.8, 4) is 0 Å². The van der Waals surface area contributed by atoms with Crippen LogP contribution in [-0.2, 0) is 4.79 Å². The summed E-state index contributed by atoms with van der Waals surface area (Å²) < 4.78 is 0. The molecule has 0 saturated heterocycles. The molecule has 0 spiro atoms. The molecule has 0 heterocycles. The van der Waals surface area contributed by atoms with Crippen LogP contribution in [0.2, 0.25) is 0 Å². The van der Waals surface area contributed by atoms with Crippen molar-refractivity contribution in [2.24, 2.45) is 4.99 Å². The Hall–Kier alpha value is -2.08. The molecule has 146 valence electrons. The second-order valence-electron chi connectivity index (χ2n) is 6.35. The average molecular weight is 362 g/mol. The molecule has 0 aliphatic rings. The summed E-state index contributed by atoms with van der Waals surface area (Å²) >= 11 is 0. The normalized spacial score (nSPS) is 12.8. The number of carbonyl (C=O) groups excluding carboxylic acids is 1. The van der Waals surface area contributed by atoms with Crippen molar-refractivity contribution in [2.45, 2.75) is 33.2 Å². The second-order valence-corrected chi connectivity index (χ2v) is 6.35. The van der Waals surface area contributed by atoms with Crippen LogP contribution >= 0.6 is 0 Å². The molecule has 1 amide bonds. The standard InChI is InChI=1S/C20H35N5O/c1-6-21-20(22-15-14-19(26)25(7-2)8-3)23-16-18(24(4)5)17-12-10-9-11-13-17/h9-13,18H,6-8,14-16H2,1-5H3,(H2,21,22,23). The summed E-state index contributed by atoms with van der Waals surface area (Å²) in [5.41, 5.74) is 1.24. The molecule has 2 N–H and O–H groups in total. The summed E-state index contributed by atoms with van der Waals surface area (Å²) in [6.07, 6.45) is 0.474. The van der Waals surface area contributed by atoms with Gasteiger partial charge in [0.2, 0.25) is 5.91 Å². The van der Waals surface area contributed by atoms with E-state index >= 15 is 0 Å². The maximum atomic E-state index is 12.1. The Morgan fingerprint density at radius 1 is 1.08 bits per heavy atom. The predicted octanol–water partition coefficient (Wildman–Crippen LogP) is 2.10. The second kappa shape index (κ2) is 12.3. The Morgan fingerprint density at radius 3 is 2.27 bits per heavy atom. The Labute approximate surface area is 158 Å². The van der Waals surface area contributed by atoms with Crippen LogP contribution in [0.1, 0.15) is 38.8 Å². The van der Waals surface area contributed by atoms with Crippen LogP contribution in [0, 0.1) is 0 Å². The number of benzene rings is 1. The third kappa shape index (κ3) is 7.44. The van der Waals surface area contributed by atoms with Crippen molar-refractivity contribution >= 4 is 11.9 Å². The largest absolute Gasteiger partial charge is 0.357 e. The Bertz CT molecular complexity index is 540. The van der Waals surface area contributed by atoms with E-state index in [0.29, 0.717) is 19.5 Å². The lowest BCUT2D eigenvalue weighted by Gasteiger charge is -2.24. The van der Waals surface area contributed by atoms with Crippen molar-refractivity contribution in [3.63, 3.8) is 0 Å². The zero-order chi connectivity index (χ0) is 19.4. The first-order chi connectivity index (χ1) is 12.5. The van der Waals surface area contributed by atoms with Crippen LogP contribution in [0.25, 0.3) is 0 Å². The summed E-state index contributed by atoms with van der Waals surface area (Å²) in [5.74, 6) is 0.927. The molecular weight excluding hydrogens is 326 g/mol. The summed E-state index contributed by atoms with van der Waals surface area (Å²) in [6.45, 7) is 9.58. The molecule has 0 aromatic heterocycles. The molecule has 6 heteroatoms. The first-order valence-corrected chi connectivity index (χ1v) is 9.54. The highest BCUT2D eigenvalue weighted by Crippen LogP contribution is 2.17.